The number of rotatable bonds is 5. The van der Waals surface area contributed by atoms with Crippen molar-refractivity contribution in [2.45, 2.75) is 38.1 Å². The monoisotopic (exact) mass is 287 g/mol. The van der Waals surface area contributed by atoms with E-state index in [2.05, 4.69) is 11.9 Å². The minimum absolute atomic E-state index is 0.235. The Kier molecular flexibility index (Phi) is 6.00. The van der Waals surface area contributed by atoms with Crippen LogP contribution in [0.2, 0.25) is 0 Å². The highest BCUT2D eigenvalue weighted by atomic mass is 16.5. The average molecular weight is 287 g/mol. The number of hydrogen-bond donors (Lipinski definition) is 0. The van der Waals surface area contributed by atoms with Crippen LogP contribution in [0.25, 0.3) is 6.08 Å². The highest BCUT2D eigenvalue weighted by Gasteiger charge is 2.21. The first-order valence-electron chi connectivity index (χ1n) is 7.75. The number of ether oxygens (including phenoxy) is 1. The van der Waals surface area contributed by atoms with Crippen molar-refractivity contribution in [3.63, 3.8) is 0 Å². The highest BCUT2D eigenvalue weighted by molar-refractivity contribution is 5.94. The van der Waals surface area contributed by atoms with Crippen LogP contribution in [0.1, 0.15) is 37.7 Å². The van der Waals surface area contributed by atoms with Crippen LogP contribution >= 0.6 is 0 Å². The normalized spacial score (nSPS) is 17.0. The third-order valence-corrected chi connectivity index (χ3v) is 4.21. The van der Waals surface area contributed by atoms with Gasteiger partial charge in [-0.1, -0.05) is 49.6 Å². The van der Waals surface area contributed by atoms with Crippen molar-refractivity contribution in [1.29, 1.82) is 0 Å². The molecular formula is C18H25NO2. The third kappa shape index (κ3) is 4.71. The van der Waals surface area contributed by atoms with Gasteiger partial charge in [0.2, 0.25) is 0 Å². The molecule has 1 fully saturated rings. The maximum Gasteiger partial charge on any atom is 0.335 e. The lowest BCUT2D eigenvalue weighted by molar-refractivity contribution is -0.136. The van der Waals surface area contributed by atoms with Gasteiger partial charge in [0.15, 0.2) is 0 Å². The van der Waals surface area contributed by atoms with E-state index in [4.69, 9.17) is 4.74 Å². The number of nitrogens with zero attached hydrogens (tertiary/aromatic N) is 1. The van der Waals surface area contributed by atoms with Crippen molar-refractivity contribution >= 4 is 12.0 Å². The molecule has 0 unspecified atom stereocenters. The van der Waals surface area contributed by atoms with Crippen LogP contribution in [0.15, 0.2) is 35.9 Å². The van der Waals surface area contributed by atoms with Crippen LogP contribution in [0, 0.1) is 0 Å². The minimum Gasteiger partial charge on any atom is -0.466 e. The van der Waals surface area contributed by atoms with Gasteiger partial charge in [-0.15, -0.1) is 0 Å². The molecule has 0 aliphatic heterocycles. The Hall–Kier alpha value is -1.61. The Bertz CT molecular complexity index is 475. The Morgan fingerprint density at radius 3 is 2.52 bits per heavy atom. The van der Waals surface area contributed by atoms with E-state index < -0.39 is 0 Å². The van der Waals surface area contributed by atoms with Gasteiger partial charge in [0.25, 0.3) is 0 Å². The molecule has 0 N–H and O–H groups in total. The van der Waals surface area contributed by atoms with Crippen molar-refractivity contribution in [3.05, 3.63) is 41.5 Å². The molecule has 1 aliphatic rings. The first-order valence-corrected chi connectivity index (χ1v) is 7.75. The Labute approximate surface area is 127 Å². The van der Waals surface area contributed by atoms with Gasteiger partial charge in [0, 0.05) is 12.6 Å². The Morgan fingerprint density at radius 2 is 1.90 bits per heavy atom. The zero-order valence-corrected chi connectivity index (χ0v) is 13.0. The van der Waals surface area contributed by atoms with E-state index in [0.29, 0.717) is 12.6 Å². The molecule has 0 heterocycles. The molecule has 1 aliphatic carbocycles. The smallest absolute Gasteiger partial charge is 0.335 e. The maximum atomic E-state index is 12.0. The van der Waals surface area contributed by atoms with Crippen molar-refractivity contribution in [2.24, 2.45) is 0 Å². The van der Waals surface area contributed by atoms with Crippen LogP contribution in [0.3, 0.4) is 0 Å². The van der Waals surface area contributed by atoms with Gasteiger partial charge in [-0.05, 0) is 31.5 Å². The molecule has 114 valence electrons. The fourth-order valence-electron chi connectivity index (χ4n) is 2.97. The molecule has 0 radical (unpaired) electrons. The summed E-state index contributed by atoms with van der Waals surface area (Å²) in [5, 5.41) is 0. The summed E-state index contributed by atoms with van der Waals surface area (Å²) < 4.78 is 4.94. The third-order valence-electron chi connectivity index (χ3n) is 4.21. The molecule has 1 aromatic rings. The highest BCUT2D eigenvalue weighted by Crippen LogP contribution is 2.22. The number of benzene rings is 1. The van der Waals surface area contributed by atoms with E-state index >= 15 is 0 Å². The predicted octanol–water partition coefficient (Wildman–Crippen LogP) is 3.51. The quantitative estimate of drug-likeness (QED) is 0.613. The van der Waals surface area contributed by atoms with Gasteiger partial charge in [-0.2, -0.15) is 0 Å². The number of carbonyl (C=O) groups excluding carboxylic acids is 1. The average Bonchev–Trinajstić information content (AvgIpc) is 2.55. The summed E-state index contributed by atoms with van der Waals surface area (Å²) >= 11 is 0. The van der Waals surface area contributed by atoms with Gasteiger partial charge in [-0.3, -0.25) is 4.90 Å². The molecule has 3 heteroatoms. The number of esters is 1. The van der Waals surface area contributed by atoms with E-state index in [9.17, 15) is 4.79 Å². The second kappa shape index (κ2) is 7.99. The van der Waals surface area contributed by atoms with Crippen molar-refractivity contribution in [2.75, 3.05) is 20.7 Å². The summed E-state index contributed by atoms with van der Waals surface area (Å²) in [6, 6.07) is 10.5. The van der Waals surface area contributed by atoms with Crippen LogP contribution in [0.5, 0.6) is 0 Å². The topological polar surface area (TPSA) is 29.5 Å². The van der Waals surface area contributed by atoms with Crippen LogP contribution in [-0.4, -0.2) is 37.6 Å². The molecule has 21 heavy (non-hydrogen) atoms. The Balaban J connectivity index is 2.09. The van der Waals surface area contributed by atoms with Gasteiger partial charge >= 0.3 is 5.97 Å². The molecule has 1 saturated carbocycles. The van der Waals surface area contributed by atoms with Crippen molar-refractivity contribution < 1.29 is 9.53 Å². The maximum absolute atomic E-state index is 12.0. The van der Waals surface area contributed by atoms with Gasteiger partial charge < -0.3 is 4.74 Å². The number of hydrogen-bond acceptors (Lipinski definition) is 3. The molecule has 0 bridgehead atoms. The van der Waals surface area contributed by atoms with E-state index in [1.807, 2.05) is 36.4 Å². The van der Waals surface area contributed by atoms with E-state index in [1.165, 1.54) is 39.2 Å². The second-order valence-electron chi connectivity index (χ2n) is 5.78. The molecular weight excluding hydrogens is 262 g/mol. The second-order valence-corrected chi connectivity index (χ2v) is 5.78. The number of carbonyl (C=O) groups is 1. The van der Waals surface area contributed by atoms with Crippen LogP contribution in [-0.2, 0) is 9.53 Å². The molecule has 0 aromatic heterocycles. The molecule has 0 atom stereocenters. The molecule has 0 amide bonds. The summed E-state index contributed by atoms with van der Waals surface area (Å²) in [4.78, 5) is 14.3. The first kappa shape index (κ1) is 15.8. The van der Waals surface area contributed by atoms with Crippen LogP contribution in [0.4, 0.5) is 0 Å². The summed E-state index contributed by atoms with van der Waals surface area (Å²) in [6.45, 7) is 0.645. The largest absolute Gasteiger partial charge is 0.466 e. The van der Waals surface area contributed by atoms with E-state index in [0.717, 1.165) is 11.1 Å². The SMILES string of the molecule is COC(=O)/C(=C\c1ccccc1)CN(C)C1CCCCC1. The summed E-state index contributed by atoms with van der Waals surface area (Å²) in [7, 11) is 3.56. The lowest BCUT2D eigenvalue weighted by atomic mass is 9.94. The van der Waals surface area contributed by atoms with E-state index in [-0.39, 0.29) is 5.97 Å². The fraction of sp³-hybridized carbons (Fsp3) is 0.500. The lowest BCUT2D eigenvalue weighted by Gasteiger charge is -2.31. The van der Waals surface area contributed by atoms with Crippen molar-refractivity contribution in [3.8, 4) is 0 Å². The first-order chi connectivity index (χ1) is 10.2. The fourth-order valence-corrected chi connectivity index (χ4v) is 2.97. The Morgan fingerprint density at radius 1 is 1.24 bits per heavy atom. The lowest BCUT2D eigenvalue weighted by Crippen LogP contribution is -2.36. The van der Waals surface area contributed by atoms with Crippen LogP contribution < -0.4 is 0 Å². The predicted molar refractivity (Wildman–Crippen MR) is 85.9 cm³/mol. The van der Waals surface area contributed by atoms with E-state index in [1.54, 1.807) is 0 Å². The molecule has 1 aromatic carbocycles. The molecule has 0 saturated heterocycles. The van der Waals surface area contributed by atoms with Gasteiger partial charge in [0.05, 0.1) is 12.7 Å². The molecule has 0 spiro atoms. The summed E-state index contributed by atoms with van der Waals surface area (Å²) in [5.41, 5.74) is 1.76. The minimum atomic E-state index is -0.235. The van der Waals surface area contributed by atoms with Gasteiger partial charge in [0.1, 0.15) is 0 Å². The standard InChI is InChI=1S/C18H25NO2/c1-19(17-11-7-4-8-12-17)14-16(18(20)21-2)13-15-9-5-3-6-10-15/h3,5-6,9-10,13,17H,4,7-8,11-12,14H2,1-2H3/b16-13-. The zero-order chi connectivity index (χ0) is 15.1. The van der Waals surface area contributed by atoms with Crippen molar-refractivity contribution in [1.82, 2.24) is 4.90 Å². The molecule has 3 nitrogen and oxygen atoms in total. The molecule has 2 rings (SSSR count). The summed E-state index contributed by atoms with van der Waals surface area (Å²) in [5.74, 6) is -0.235. The van der Waals surface area contributed by atoms with Gasteiger partial charge in [-0.25, -0.2) is 4.79 Å². The summed E-state index contributed by atoms with van der Waals surface area (Å²) in [6.07, 6.45) is 8.34. The number of methoxy groups -OCH3 is 1. The zero-order valence-electron chi connectivity index (χ0n) is 13.0. The number of likely N-dealkylation sites (N-methyl/N-ethyl adjacent to an activating group) is 1.